The van der Waals surface area contributed by atoms with Gasteiger partial charge in [0.25, 0.3) is 5.69 Å². The summed E-state index contributed by atoms with van der Waals surface area (Å²) >= 11 is 9.51. The quantitative estimate of drug-likeness (QED) is 0.463. The maximum absolute atomic E-state index is 11.2. The lowest BCUT2D eigenvalue weighted by molar-refractivity contribution is -0.385. The monoisotopic (exact) mass is 342 g/mol. The minimum atomic E-state index is -0.404. The Morgan fingerprint density at radius 1 is 1.42 bits per heavy atom. The fraction of sp³-hybridized carbons (Fsp3) is 0.308. The van der Waals surface area contributed by atoms with Crippen molar-refractivity contribution in [3.63, 3.8) is 0 Å². The highest BCUT2D eigenvalue weighted by Crippen LogP contribution is 2.36. The molecule has 0 aliphatic heterocycles. The lowest BCUT2D eigenvalue weighted by Crippen LogP contribution is -2.09. The molecular weight excluding hydrogens is 332 g/mol. The molecule has 0 bridgehead atoms. The number of benzene rings is 1. The highest BCUT2D eigenvalue weighted by molar-refractivity contribution is 9.10. The van der Waals surface area contributed by atoms with Gasteiger partial charge in [-0.05, 0) is 25.1 Å². The van der Waals surface area contributed by atoms with Gasteiger partial charge in [-0.15, -0.1) is 11.6 Å². The zero-order chi connectivity index (χ0) is 14.2. The van der Waals surface area contributed by atoms with Crippen molar-refractivity contribution in [1.29, 1.82) is 0 Å². The van der Waals surface area contributed by atoms with Gasteiger partial charge >= 0.3 is 0 Å². The van der Waals surface area contributed by atoms with Crippen LogP contribution in [0.25, 0.3) is 10.9 Å². The SMILES string of the molecule is CC(Cl)C(C)c1c([N+](=O)[O-])cnc2ccc(Br)cc12. The Bertz CT molecular complexity index is 646. The van der Waals surface area contributed by atoms with Gasteiger partial charge in [0, 0.05) is 26.7 Å². The Morgan fingerprint density at radius 2 is 2.11 bits per heavy atom. The number of hydrogen-bond donors (Lipinski definition) is 0. The molecule has 0 aliphatic carbocycles. The predicted octanol–water partition coefficient (Wildman–Crippen LogP) is 4.64. The van der Waals surface area contributed by atoms with Crippen LogP contribution >= 0.6 is 27.5 Å². The first kappa shape index (κ1) is 14.2. The summed E-state index contributed by atoms with van der Waals surface area (Å²) in [5.41, 5.74) is 1.39. The van der Waals surface area contributed by atoms with Crippen LogP contribution in [0.15, 0.2) is 28.9 Å². The number of pyridine rings is 1. The molecule has 2 aromatic rings. The van der Waals surface area contributed by atoms with Gasteiger partial charge in [-0.3, -0.25) is 10.1 Å². The predicted molar refractivity (Wildman–Crippen MR) is 79.8 cm³/mol. The van der Waals surface area contributed by atoms with E-state index in [2.05, 4.69) is 20.9 Å². The molecule has 4 nitrogen and oxygen atoms in total. The molecule has 0 fully saturated rings. The molecule has 2 atom stereocenters. The summed E-state index contributed by atoms with van der Waals surface area (Å²) in [6.07, 6.45) is 1.31. The summed E-state index contributed by atoms with van der Waals surface area (Å²) in [4.78, 5) is 14.9. The largest absolute Gasteiger partial charge is 0.291 e. The summed E-state index contributed by atoms with van der Waals surface area (Å²) in [5, 5.41) is 11.8. The summed E-state index contributed by atoms with van der Waals surface area (Å²) in [7, 11) is 0. The maximum atomic E-state index is 11.2. The van der Waals surface area contributed by atoms with Gasteiger partial charge in [-0.1, -0.05) is 22.9 Å². The second-order valence-corrected chi connectivity index (χ2v) is 6.05. The molecular formula is C13H12BrClN2O2. The number of alkyl halides is 1. The van der Waals surface area contributed by atoms with E-state index in [1.165, 1.54) is 6.20 Å². The third-order valence-corrected chi connectivity index (χ3v) is 4.06. The van der Waals surface area contributed by atoms with E-state index in [1.807, 2.05) is 32.0 Å². The fourth-order valence-electron chi connectivity index (χ4n) is 2.03. The van der Waals surface area contributed by atoms with Crippen LogP contribution < -0.4 is 0 Å². The summed E-state index contributed by atoms with van der Waals surface area (Å²) in [6, 6.07) is 5.54. The van der Waals surface area contributed by atoms with Crippen molar-refractivity contribution in [3.8, 4) is 0 Å². The van der Waals surface area contributed by atoms with Crippen molar-refractivity contribution in [1.82, 2.24) is 4.98 Å². The van der Waals surface area contributed by atoms with Crippen molar-refractivity contribution < 1.29 is 4.92 Å². The molecule has 0 aliphatic rings. The molecule has 1 heterocycles. The Labute approximate surface area is 124 Å². The number of fused-ring (bicyclic) bond motifs is 1. The topological polar surface area (TPSA) is 56.0 Å². The van der Waals surface area contributed by atoms with E-state index < -0.39 is 4.92 Å². The Hall–Kier alpha value is -1.20. The average Bonchev–Trinajstić information content (AvgIpc) is 2.36. The molecule has 6 heteroatoms. The average molecular weight is 344 g/mol. The molecule has 100 valence electrons. The highest BCUT2D eigenvalue weighted by Gasteiger charge is 2.25. The van der Waals surface area contributed by atoms with Gasteiger partial charge in [0.1, 0.15) is 6.20 Å². The Balaban J connectivity index is 2.82. The molecule has 0 N–H and O–H groups in total. The molecule has 1 aromatic heterocycles. The fourth-order valence-corrected chi connectivity index (χ4v) is 2.52. The number of nitrogens with zero attached hydrogens (tertiary/aromatic N) is 2. The van der Waals surface area contributed by atoms with Crippen molar-refractivity contribution in [2.45, 2.75) is 25.1 Å². The van der Waals surface area contributed by atoms with Gasteiger partial charge in [-0.25, -0.2) is 4.98 Å². The van der Waals surface area contributed by atoms with E-state index in [4.69, 9.17) is 11.6 Å². The summed E-state index contributed by atoms with van der Waals surface area (Å²) in [5.74, 6) is -0.137. The molecule has 0 spiro atoms. The Morgan fingerprint density at radius 3 is 2.68 bits per heavy atom. The van der Waals surface area contributed by atoms with Crippen molar-refractivity contribution >= 4 is 44.1 Å². The summed E-state index contributed by atoms with van der Waals surface area (Å²) in [6.45, 7) is 3.72. The number of rotatable bonds is 3. The second-order valence-electron chi connectivity index (χ2n) is 4.44. The van der Waals surface area contributed by atoms with E-state index in [0.717, 1.165) is 15.4 Å². The van der Waals surface area contributed by atoms with E-state index in [-0.39, 0.29) is 17.0 Å². The normalized spacial score (nSPS) is 14.3. The first-order chi connectivity index (χ1) is 8.91. The third kappa shape index (κ3) is 2.72. The minimum absolute atomic E-state index is 0.0191. The van der Waals surface area contributed by atoms with Gasteiger partial charge in [0.05, 0.1) is 10.4 Å². The highest BCUT2D eigenvalue weighted by atomic mass is 79.9. The van der Waals surface area contributed by atoms with Crippen molar-refractivity contribution in [2.24, 2.45) is 0 Å². The Kier molecular flexibility index (Phi) is 4.06. The van der Waals surface area contributed by atoms with Crippen molar-refractivity contribution in [3.05, 3.63) is 44.5 Å². The van der Waals surface area contributed by atoms with E-state index in [0.29, 0.717) is 5.56 Å². The second kappa shape index (κ2) is 5.43. The maximum Gasteiger partial charge on any atom is 0.291 e. The van der Waals surface area contributed by atoms with Gasteiger partial charge in [0.2, 0.25) is 0 Å². The van der Waals surface area contributed by atoms with Crippen molar-refractivity contribution in [2.75, 3.05) is 0 Å². The van der Waals surface area contributed by atoms with Crippen LogP contribution in [0.2, 0.25) is 0 Å². The number of hydrogen-bond acceptors (Lipinski definition) is 3. The van der Waals surface area contributed by atoms with Gasteiger partial charge in [0.15, 0.2) is 0 Å². The first-order valence-electron chi connectivity index (χ1n) is 5.78. The lowest BCUT2D eigenvalue weighted by Gasteiger charge is -2.16. The lowest BCUT2D eigenvalue weighted by atomic mass is 9.93. The number of halogens is 2. The zero-order valence-corrected chi connectivity index (χ0v) is 12.8. The molecule has 0 radical (unpaired) electrons. The molecule has 2 rings (SSSR count). The van der Waals surface area contributed by atoms with E-state index in [9.17, 15) is 10.1 Å². The first-order valence-corrected chi connectivity index (χ1v) is 7.01. The molecule has 0 saturated heterocycles. The van der Waals surface area contributed by atoms with Crippen LogP contribution in [-0.4, -0.2) is 15.3 Å². The van der Waals surface area contributed by atoms with Crippen LogP contribution in [-0.2, 0) is 0 Å². The standard InChI is InChI=1S/C13H12BrClN2O2/c1-7(8(2)15)13-10-5-9(14)3-4-11(10)16-6-12(13)17(18)19/h3-8H,1-2H3. The van der Waals surface area contributed by atoms with E-state index >= 15 is 0 Å². The van der Waals surface area contributed by atoms with Gasteiger partial charge in [-0.2, -0.15) is 0 Å². The minimum Gasteiger partial charge on any atom is -0.258 e. The van der Waals surface area contributed by atoms with Crippen LogP contribution in [0.1, 0.15) is 25.3 Å². The molecule has 0 saturated carbocycles. The number of aromatic nitrogens is 1. The summed E-state index contributed by atoms with van der Waals surface area (Å²) < 4.78 is 0.859. The zero-order valence-electron chi connectivity index (χ0n) is 10.4. The molecule has 19 heavy (non-hydrogen) atoms. The van der Waals surface area contributed by atoms with E-state index in [1.54, 1.807) is 0 Å². The number of nitro groups is 1. The van der Waals surface area contributed by atoms with Crippen LogP contribution in [0.3, 0.4) is 0 Å². The third-order valence-electron chi connectivity index (χ3n) is 3.19. The van der Waals surface area contributed by atoms with Crippen LogP contribution in [0.5, 0.6) is 0 Å². The molecule has 0 amide bonds. The molecule has 2 unspecified atom stereocenters. The molecule has 1 aromatic carbocycles. The smallest absolute Gasteiger partial charge is 0.258 e. The van der Waals surface area contributed by atoms with Crippen LogP contribution in [0, 0.1) is 10.1 Å². The van der Waals surface area contributed by atoms with Gasteiger partial charge < -0.3 is 0 Å². The van der Waals surface area contributed by atoms with Crippen LogP contribution in [0.4, 0.5) is 5.69 Å².